The average Bonchev–Trinajstić information content (AvgIpc) is 2.52. The van der Waals surface area contributed by atoms with Crippen molar-refractivity contribution in [1.82, 2.24) is 0 Å². The SMILES string of the molecule is N#C/C(=C\c1cc(O)c(O)c(I)c1)C(=O)c1ccc(O)c(O)c1. The van der Waals surface area contributed by atoms with Crippen LogP contribution in [-0.4, -0.2) is 26.2 Å². The van der Waals surface area contributed by atoms with Gasteiger partial charge in [-0.05, 0) is 64.6 Å². The van der Waals surface area contributed by atoms with Gasteiger partial charge in [-0.15, -0.1) is 0 Å². The fourth-order valence-electron chi connectivity index (χ4n) is 1.82. The first-order valence-electron chi connectivity index (χ1n) is 6.23. The van der Waals surface area contributed by atoms with Crippen LogP contribution in [0.4, 0.5) is 0 Å². The Labute approximate surface area is 144 Å². The number of benzene rings is 2. The Morgan fingerprint density at radius 1 is 1.04 bits per heavy atom. The number of phenols is 4. The van der Waals surface area contributed by atoms with E-state index in [4.69, 9.17) is 0 Å². The van der Waals surface area contributed by atoms with Crippen molar-refractivity contribution in [2.45, 2.75) is 0 Å². The van der Waals surface area contributed by atoms with E-state index in [-0.39, 0.29) is 28.4 Å². The fraction of sp³-hybridized carbons (Fsp3) is 0. The maximum absolute atomic E-state index is 12.3. The van der Waals surface area contributed by atoms with Gasteiger partial charge in [0, 0.05) is 5.56 Å². The predicted octanol–water partition coefficient (Wildman–Crippen LogP) is 2.90. The van der Waals surface area contributed by atoms with Crippen molar-refractivity contribution >= 4 is 34.5 Å². The minimum atomic E-state index is -0.648. The fourth-order valence-corrected chi connectivity index (χ4v) is 2.46. The summed E-state index contributed by atoms with van der Waals surface area (Å²) in [5.41, 5.74) is 0.166. The molecule has 23 heavy (non-hydrogen) atoms. The molecule has 2 rings (SSSR count). The van der Waals surface area contributed by atoms with Crippen LogP contribution in [0, 0.1) is 14.9 Å². The standard InChI is InChI=1S/C16H10INO5/c17-11-4-8(5-14(21)16(11)23)3-10(7-18)15(22)9-1-2-12(19)13(20)6-9/h1-6,19-21,23H/b10-3+. The Morgan fingerprint density at radius 3 is 2.30 bits per heavy atom. The predicted molar refractivity (Wildman–Crippen MR) is 90.2 cm³/mol. The maximum Gasteiger partial charge on any atom is 0.203 e. The number of hydrogen-bond acceptors (Lipinski definition) is 6. The Morgan fingerprint density at radius 2 is 1.74 bits per heavy atom. The van der Waals surface area contributed by atoms with Crippen molar-refractivity contribution in [1.29, 1.82) is 5.26 Å². The third kappa shape index (κ3) is 3.54. The van der Waals surface area contributed by atoms with Crippen molar-refractivity contribution in [3.05, 3.63) is 50.6 Å². The Balaban J connectivity index is 2.45. The van der Waals surface area contributed by atoms with Crippen molar-refractivity contribution in [3.63, 3.8) is 0 Å². The monoisotopic (exact) mass is 423 g/mol. The number of nitriles is 1. The first-order chi connectivity index (χ1) is 10.8. The van der Waals surface area contributed by atoms with Crippen molar-refractivity contribution in [2.75, 3.05) is 0 Å². The summed E-state index contributed by atoms with van der Waals surface area (Å²) in [4.78, 5) is 12.3. The van der Waals surface area contributed by atoms with E-state index in [0.717, 1.165) is 12.1 Å². The van der Waals surface area contributed by atoms with Gasteiger partial charge in [0.2, 0.25) is 5.78 Å². The van der Waals surface area contributed by atoms with Gasteiger partial charge in [-0.2, -0.15) is 5.26 Å². The second-order valence-corrected chi connectivity index (χ2v) is 5.74. The largest absolute Gasteiger partial charge is 0.504 e. The van der Waals surface area contributed by atoms with Crippen LogP contribution in [0.3, 0.4) is 0 Å². The van der Waals surface area contributed by atoms with E-state index in [1.54, 1.807) is 28.7 Å². The van der Waals surface area contributed by atoms with E-state index < -0.39 is 11.5 Å². The van der Waals surface area contributed by atoms with Gasteiger partial charge in [0.1, 0.15) is 11.6 Å². The van der Waals surface area contributed by atoms with Crippen LogP contribution in [0.5, 0.6) is 23.0 Å². The van der Waals surface area contributed by atoms with Gasteiger partial charge in [0.05, 0.1) is 3.57 Å². The lowest BCUT2D eigenvalue weighted by atomic mass is 10.0. The summed E-state index contributed by atoms with van der Waals surface area (Å²) < 4.78 is 0.362. The highest BCUT2D eigenvalue weighted by Crippen LogP contribution is 2.32. The number of rotatable bonds is 3. The molecule has 0 fully saturated rings. The number of ketones is 1. The zero-order valence-corrected chi connectivity index (χ0v) is 13.6. The number of nitrogens with zero attached hydrogens (tertiary/aromatic N) is 1. The molecule has 116 valence electrons. The highest BCUT2D eigenvalue weighted by molar-refractivity contribution is 14.1. The van der Waals surface area contributed by atoms with E-state index in [2.05, 4.69) is 0 Å². The molecule has 0 aliphatic carbocycles. The number of carbonyl (C=O) groups is 1. The minimum absolute atomic E-state index is 0.0331. The normalized spacial score (nSPS) is 11.0. The molecule has 6 nitrogen and oxygen atoms in total. The topological polar surface area (TPSA) is 122 Å². The maximum atomic E-state index is 12.3. The van der Waals surface area contributed by atoms with E-state index in [1.165, 1.54) is 24.3 Å². The smallest absolute Gasteiger partial charge is 0.203 e. The number of allylic oxidation sites excluding steroid dienone is 1. The zero-order valence-electron chi connectivity index (χ0n) is 11.5. The Bertz CT molecular complexity index is 844. The lowest BCUT2D eigenvalue weighted by Crippen LogP contribution is -2.01. The molecule has 0 unspecified atom stereocenters. The lowest BCUT2D eigenvalue weighted by Gasteiger charge is -2.04. The van der Waals surface area contributed by atoms with Gasteiger partial charge in [0.15, 0.2) is 23.0 Å². The molecule has 0 atom stereocenters. The van der Waals surface area contributed by atoms with E-state index in [1.807, 2.05) is 0 Å². The average molecular weight is 423 g/mol. The number of aromatic hydroxyl groups is 4. The summed E-state index contributed by atoms with van der Waals surface area (Å²) in [6.45, 7) is 0. The molecule has 0 heterocycles. The van der Waals surface area contributed by atoms with Gasteiger partial charge in [-0.25, -0.2) is 0 Å². The van der Waals surface area contributed by atoms with E-state index in [0.29, 0.717) is 9.13 Å². The molecule has 4 N–H and O–H groups in total. The van der Waals surface area contributed by atoms with Crippen LogP contribution in [-0.2, 0) is 0 Å². The van der Waals surface area contributed by atoms with Crippen LogP contribution >= 0.6 is 22.6 Å². The van der Waals surface area contributed by atoms with Crippen LogP contribution in [0.25, 0.3) is 6.08 Å². The number of phenolic OH excluding ortho intramolecular Hbond substituents is 4. The van der Waals surface area contributed by atoms with E-state index >= 15 is 0 Å². The molecule has 0 aliphatic rings. The molecule has 0 radical (unpaired) electrons. The molecule has 0 spiro atoms. The third-order valence-corrected chi connectivity index (χ3v) is 3.80. The molecule has 0 saturated carbocycles. The van der Waals surface area contributed by atoms with Crippen LogP contribution < -0.4 is 0 Å². The van der Waals surface area contributed by atoms with Gasteiger partial charge in [0.25, 0.3) is 0 Å². The van der Waals surface area contributed by atoms with Crippen LogP contribution in [0.2, 0.25) is 0 Å². The van der Waals surface area contributed by atoms with Gasteiger partial charge in [-0.3, -0.25) is 4.79 Å². The second-order valence-electron chi connectivity index (χ2n) is 4.57. The summed E-state index contributed by atoms with van der Waals surface area (Å²) in [6, 6.07) is 7.95. The highest BCUT2D eigenvalue weighted by Gasteiger charge is 2.15. The lowest BCUT2D eigenvalue weighted by molar-refractivity contribution is 0.103. The molecule has 2 aromatic carbocycles. The molecule has 0 amide bonds. The van der Waals surface area contributed by atoms with Crippen molar-refractivity contribution in [3.8, 4) is 29.1 Å². The molecule has 0 aromatic heterocycles. The molecular formula is C16H10INO5. The van der Waals surface area contributed by atoms with Gasteiger partial charge < -0.3 is 20.4 Å². The molecule has 0 bridgehead atoms. The number of Topliss-reactive ketones (excluding diaryl/α,β-unsaturated/α-hetero) is 1. The van der Waals surface area contributed by atoms with Crippen molar-refractivity contribution < 1.29 is 25.2 Å². The first kappa shape index (κ1) is 16.6. The number of hydrogen-bond donors (Lipinski definition) is 4. The summed E-state index contributed by atoms with van der Waals surface area (Å²) in [7, 11) is 0. The molecule has 0 saturated heterocycles. The van der Waals surface area contributed by atoms with Crippen LogP contribution in [0.15, 0.2) is 35.9 Å². The third-order valence-electron chi connectivity index (χ3n) is 2.98. The quantitative estimate of drug-likeness (QED) is 0.198. The number of carbonyl (C=O) groups excluding carboxylic acids is 1. The Hall–Kier alpha value is -2.73. The van der Waals surface area contributed by atoms with E-state index in [9.17, 15) is 30.5 Å². The van der Waals surface area contributed by atoms with Crippen molar-refractivity contribution in [2.24, 2.45) is 0 Å². The summed E-state index contributed by atoms with van der Waals surface area (Å²) in [5, 5.41) is 46.9. The molecular weight excluding hydrogens is 413 g/mol. The minimum Gasteiger partial charge on any atom is -0.504 e. The second kappa shape index (κ2) is 6.58. The zero-order chi connectivity index (χ0) is 17.1. The molecule has 2 aromatic rings. The van der Waals surface area contributed by atoms with Gasteiger partial charge in [-0.1, -0.05) is 0 Å². The summed E-state index contributed by atoms with van der Waals surface area (Å²) >= 11 is 1.80. The summed E-state index contributed by atoms with van der Waals surface area (Å²) in [5.74, 6) is -2.14. The Kier molecular flexibility index (Phi) is 4.76. The summed E-state index contributed by atoms with van der Waals surface area (Å²) in [6.07, 6.45) is 1.26. The van der Waals surface area contributed by atoms with Crippen LogP contribution in [0.1, 0.15) is 15.9 Å². The molecule has 7 heteroatoms. The number of halogens is 1. The molecule has 0 aliphatic heterocycles. The van der Waals surface area contributed by atoms with Gasteiger partial charge >= 0.3 is 0 Å². The first-order valence-corrected chi connectivity index (χ1v) is 7.31. The highest BCUT2D eigenvalue weighted by atomic mass is 127.